The number of nitrogens with zero attached hydrogens (tertiary/aromatic N) is 1. The second-order valence-electron chi connectivity index (χ2n) is 3.00. The highest BCUT2D eigenvalue weighted by atomic mass is 32.0. The number of aliphatic hydroxyl groups is 1. The van der Waals surface area contributed by atoms with E-state index in [2.05, 4.69) is 22.8 Å². The van der Waals surface area contributed by atoms with Gasteiger partial charge in [-0.15, -0.1) is 0 Å². The van der Waals surface area contributed by atoms with Crippen LogP contribution in [-0.2, 0) is 0 Å². The second kappa shape index (κ2) is 5.05. The molecule has 0 amide bonds. The normalized spacial score (nSPS) is 33.8. The van der Waals surface area contributed by atoms with Crippen LogP contribution in [0.5, 0.6) is 0 Å². The molecule has 1 saturated carbocycles. The zero-order valence-electron chi connectivity index (χ0n) is 6.53. The van der Waals surface area contributed by atoms with E-state index in [9.17, 15) is 5.11 Å². The predicted octanol–water partition coefficient (Wildman–Crippen LogP) is 1.77. The molecule has 2 nitrogen and oxygen atoms in total. The summed E-state index contributed by atoms with van der Waals surface area (Å²) in [5.41, 5.74) is 0. The van der Waals surface area contributed by atoms with Crippen LogP contribution in [0.15, 0.2) is 0 Å². The van der Waals surface area contributed by atoms with Crippen LogP contribution in [0.4, 0.5) is 0 Å². The van der Waals surface area contributed by atoms with Crippen molar-refractivity contribution in [1.82, 2.24) is 4.44 Å². The Labute approximate surface area is 74.7 Å². The molecule has 3 unspecified atom stereocenters. The quantitative estimate of drug-likeness (QED) is 0.703. The molecular formula is C6H16NOP3. The third-order valence-electron chi connectivity index (χ3n) is 2.21. The Morgan fingerprint density at radius 2 is 1.82 bits per heavy atom. The molecule has 1 rings (SSSR count). The average Bonchev–Trinajstić information content (AvgIpc) is 2.05. The third kappa shape index (κ3) is 3.21. The monoisotopic (exact) mass is 211 g/mol. The van der Waals surface area contributed by atoms with Crippen LogP contribution >= 0.6 is 26.7 Å². The lowest BCUT2D eigenvalue weighted by Crippen LogP contribution is -2.28. The first-order valence-corrected chi connectivity index (χ1v) is 7.19. The van der Waals surface area contributed by atoms with Crippen molar-refractivity contribution in [3.05, 3.63) is 0 Å². The number of hydrogen-bond donors (Lipinski definition) is 1. The minimum absolute atomic E-state index is 0.0301. The largest absolute Gasteiger partial charge is 0.393 e. The van der Waals surface area contributed by atoms with E-state index in [4.69, 9.17) is 0 Å². The van der Waals surface area contributed by atoms with Gasteiger partial charge in [0.15, 0.2) is 0 Å². The van der Waals surface area contributed by atoms with Gasteiger partial charge in [-0.25, -0.2) is 0 Å². The molecule has 11 heavy (non-hydrogen) atoms. The van der Waals surface area contributed by atoms with Crippen molar-refractivity contribution in [3.63, 3.8) is 0 Å². The average molecular weight is 211 g/mol. The van der Waals surface area contributed by atoms with Gasteiger partial charge in [0.1, 0.15) is 0 Å². The summed E-state index contributed by atoms with van der Waals surface area (Å²) in [6.45, 7) is 0. The van der Waals surface area contributed by atoms with E-state index in [-0.39, 0.29) is 6.10 Å². The van der Waals surface area contributed by atoms with Crippen LogP contribution in [0.2, 0.25) is 0 Å². The summed E-state index contributed by atoms with van der Waals surface area (Å²) < 4.78 is 2.29. The molecule has 0 spiro atoms. The third-order valence-corrected chi connectivity index (χ3v) is 5.53. The molecule has 1 aliphatic carbocycles. The fourth-order valence-electron chi connectivity index (χ4n) is 1.44. The Morgan fingerprint density at radius 1 is 1.27 bits per heavy atom. The Morgan fingerprint density at radius 3 is 2.27 bits per heavy atom. The lowest BCUT2D eigenvalue weighted by atomic mass is 9.94. The van der Waals surface area contributed by atoms with Gasteiger partial charge in [-0.1, -0.05) is 18.3 Å². The fourth-order valence-corrected chi connectivity index (χ4v) is 2.84. The molecule has 0 aromatic carbocycles. The number of rotatable bonds is 2. The van der Waals surface area contributed by atoms with Gasteiger partial charge in [-0.05, 0) is 34.1 Å². The fraction of sp³-hybridized carbons (Fsp3) is 1.00. The summed E-state index contributed by atoms with van der Waals surface area (Å²) in [5, 5.41) is 9.25. The van der Waals surface area contributed by atoms with Crippen molar-refractivity contribution in [2.75, 3.05) is 0 Å². The molecule has 0 saturated heterocycles. The summed E-state index contributed by atoms with van der Waals surface area (Å²) in [5.74, 6) is 0. The van der Waals surface area contributed by atoms with Crippen molar-refractivity contribution in [2.24, 2.45) is 0 Å². The van der Waals surface area contributed by atoms with Crippen LogP contribution in [0.25, 0.3) is 0 Å². The molecule has 1 aliphatic rings. The molecule has 0 aromatic rings. The van der Waals surface area contributed by atoms with Crippen molar-refractivity contribution >= 4 is 26.7 Å². The summed E-state index contributed by atoms with van der Waals surface area (Å²) in [4.78, 5) is 0. The Hall–Kier alpha value is 1.21. The molecule has 0 aliphatic heterocycles. The SMILES string of the molecule is OC1CCC(N(P)PP)CC1. The Balaban J connectivity index is 2.27. The van der Waals surface area contributed by atoms with E-state index in [0.717, 1.165) is 34.1 Å². The highest BCUT2D eigenvalue weighted by Gasteiger charge is 2.21. The molecule has 1 fully saturated rings. The molecule has 1 N–H and O–H groups in total. The Bertz CT molecular complexity index is 116. The summed E-state index contributed by atoms with van der Waals surface area (Å²) in [7, 11) is 6.29. The molecule has 66 valence electrons. The summed E-state index contributed by atoms with van der Waals surface area (Å²) in [6.07, 6.45) is 4.21. The van der Waals surface area contributed by atoms with Crippen molar-refractivity contribution < 1.29 is 5.11 Å². The molecule has 5 heteroatoms. The molecular weight excluding hydrogens is 195 g/mol. The molecule has 0 radical (unpaired) electrons. The molecule has 0 bridgehead atoms. The highest BCUT2D eigenvalue weighted by molar-refractivity contribution is 8.02. The van der Waals surface area contributed by atoms with E-state index < -0.39 is 0 Å². The van der Waals surface area contributed by atoms with Gasteiger partial charge in [0.2, 0.25) is 0 Å². The summed E-state index contributed by atoms with van der Waals surface area (Å²) in [6, 6.07) is 0.680. The van der Waals surface area contributed by atoms with Gasteiger partial charge in [0, 0.05) is 6.04 Å². The van der Waals surface area contributed by atoms with Crippen LogP contribution < -0.4 is 0 Å². The first kappa shape index (κ1) is 10.3. The number of aliphatic hydroxyl groups excluding tert-OH is 1. The van der Waals surface area contributed by atoms with Crippen molar-refractivity contribution in [3.8, 4) is 0 Å². The highest BCUT2D eigenvalue weighted by Crippen LogP contribution is 2.37. The lowest BCUT2D eigenvalue weighted by Gasteiger charge is -2.31. The van der Waals surface area contributed by atoms with Gasteiger partial charge in [0.25, 0.3) is 0 Å². The molecule has 3 atom stereocenters. The molecule has 0 heterocycles. The van der Waals surface area contributed by atoms with Crippen molar-refractivity contribution in [2.45, 2.75) is 37.8 Å². The summed E-state index contributed by atoms with van der Waals surface area (Å²) >= 11 is 0. The van der Waals surface area contributed by atoms with E-state index in [1.807, 2.05) is 0 Å². The van der Waals surface area contributed by atoms with Gasteiger partial charge < -0.3 is 5.11 Å². The first-order valence-electron chi connectivity index (χ1n) is 3.92. The van der Waals surface area contributed by atoms with E-state index in [1.54, 1.807) is 0 Å². The van der Waals surface area contributed by atoms with Crippen LogP contribution in [-0.4, -0.2) is 21.7 Å². The van der Waals surface area contributed by atoms with E-state index in [1.165, 1.54) is 0 Å². The van der Waals surface area contributed by atoms with Gasteiger partial charge in [-0.2, -0.15) is 0 Å². The maximum absolute atomic E-state index is 9.25. The van der Waals surface area contributed by atoms with Gasteiger partial charge in [0.05, 0.1) is 6.10 Å². The lowest BCUT2D eigenvalue weighted by molar-refractivity contribution is 0.113. The topological polar surface area (TPSA) is 23.5 Å². The van der Waals surface area contributed by atoms with E-state index >= 15 is 0 Å². The maximum Gasteiger partial charge on any atom is 0.0541 e. The second-order valence-corrected chi connectivity index (χ2v) is 5.62. The van der Waals surface area contributed by atoms with Crippen LogP contribution in [0.1, 0.15) is 25.7 Å². The van der Waals surface area contributed by atoms with Gasteiger partial charge >= 0.3 is 0 Å². The number of hydrogen-bond acceptors (Lipinski definition) is 2. The smallest absolute Gasteiger partial charge is 0.0541 e. The predicted molar refractivity (Wildman–Crippen MR) is 57.8 cm³/mol. The first-order chi connectivity index (χ1) is 5.24. The van der Waals surface area contributed by atoms with Crippen molar-refractivity contribution in [1.29, 1.82) is 0 Å². The van der Waals surface area contributed by atoms with E-state index in [0.29, 0.717) is 6.04 Å². The van der Waals surface area contributed by atoms with Crippen LogP contribution in [0, 0.1) is 0 Å². The minimum Gasteiger partial charge on any atom is -0.393 e. The Kier molecular flexibility index (Phi) is 4.73. The standard InChI is InChI=1S/C6H16NOP3/c8-6-3-1-5(2-4-6)7(9)11-10/h5-6,8,11H,1-4,9-10H2. The zero-order chi connectivity index (χ0) is 8.27. The zero-order valence-corrected chi connectivity index (χ0v) is 9.84. The van der Waals surface area contributed by atoms with Gasteiger partial charge in [-0.3, -0.25) is 4.44 Å². The molecule has 0 aromatic heterocycles. The minimum atomic E-state index is -0.0301. The maximum atomic E-state index is 9.25. The van der Waals surface area contributed by atoms with Crippen LogP contribution in [0.3, 0.4) is 0 Å².